The van der Waals surface area contributed by atoms with Crippen LogP contribution in [-0.4, -0.2) is 91.4 Å². The number of urea groups is 1. The Morgan fingerprint density at radius 1 is 0.933 bits per heavy atom. The summed E-state index contributed by atoms with van der Waals surface area (Å²) in [7, 11) is 1.64. The van der Waals surface area contributed by atoms with Crippen molar-refractivity contribution in [2.75, 3.05) is 52.9 Å². The average Bonchev–Trinajstić information content (AvgIpc) is 2.76. The highest BCUT2D eigenvalue weighted by molar-refractivity contribution is 5.80. The van der Waals surface area contributed by atoms with Crippen molar-refractivity contribution in [1.29, 1.82) is 0 Å². The summed E-state index contributed by atoms with van der Waals surface area (Å²) in [6, 6.07) is 8.13. The van der Waals surface area contributed by atoms with Gasteiger partial charge in [-0.3, -0.25) is 14.5 Å². The minimum absolute atomic E-state index is 0.0206. The molecule has 0 aromatic heterocycles. The minimum atomic E-state index is -0.0506. The molecule has 0 atom stereocenters. The summed E-state index contributed by atoms with van der Waals surface area (Å²) in [6.45, 7) is 6.31. The largest absolute Gasteiger partial charge is 0.358 e. The molecular weight excluding hydrogens is 382 g/mol. The van der Waals surface area contributed by atoms with Crippen molar-refractivity contribution in [2.45, 2.75) is 32.2 Å². The molecule has 2 aliphatic heterocycles. The molecule has 30 heavy (non-hydrogen) atoms. The van der Waals surface area contributed by atoms with Crippen LogP contribution in [0.5, 0.6) is 0 Å². The fraction of sp³-hybridized carbons (Fsp3) is 0.591. The summed E-state index contributed by atoms with van der Waals surface area (Å²) in [5.41, 5.74) is 2.21. The summed E-state index contributed by atoms with van der Waals surface area (Å²) < 4.78 is 0. The van der Waals surface area contributed by atoms with Crippen molar-refractivity contribution in [1.82, 2.24) is 25.3 Å². The van der Waals surface area contributed by atoms with Gasteiger partial charge in [0.15, 0.2) is 0 Å². The topological polar surface area (TPSA) is 85.0 Å². The third-order valence-electron chi connectivity index (χ3n) is 5.96. The van der Waals surface area contributed by atoms with Gasteiger partial charge in [0.25, 0.3) is 0 Å². The van der Waals surface area contributed by atoms with Crippen LogP contribution in [0.3, 0.4) is 0 Å². The highest BCUT2D eigenvalue weighted by Crippen LogP contribution is 2.12. The first-order chi connectivity index (χ1) is 14.4. The number of carbonyl (C=O) groups is 3. The molecule has 0 bridgehead atoms. The number of benzene rings is 1. The summed E-state index contributed by atoms with van der Waals surface area (Å²) in [5, 5.41) is 5.76. The molecule has 2 aliphatic rings. The van der Waals surface area contributed by atoms with Crippen molar-refractivity contribution >= 4 is 17.8 Å². The van der Waals surface area contributed by atoms with E-state index in [0.717, 1.165) is 31.5 Å². The molecule has 0 radical (unpaired) electrons. The van der Waals surface area contributed by atoms with Crippen LogP contribution in [0, 0.1) is 6.92 Å². The van der Waals surface area contributed by atoms with E-state index in [2.05, 4.69) is 15.5 Å². The van der Waals surface area contributed by atoms with E-state index in [1.54, 1.807) is 11.9 Å². The van der Waals surface area contributed by atoms with E-state index in [1.165, 1.54) is 5.56 Å². The first-order valence-electron chi connectivity index (χ1n) is 10.8. The lowest BCUT2D eigenvalue weighted by molar-refractivity contribution is -0.131. The lowest BCUT2D eigenvalue weighted by Gasteiger charge is -2.37. The Kier molecular flexibility index (Phi) is 7.68. The van der Waals surface area contributed by atoms with E-state index >= 15 is 0 Å². The maximum atomic E-state index is 12.6. The second kappa shape index (κ2) is 10.4. The molecule has 2 N–H and O–H groups in total. The molecule has 164 valence electrons. The predicted molar refractivity (Wildman–Crippen MR) is 115 cm³/mol. The van der Waals surface area contributed by atoms with Crippen molar-refractivity contribution in [3.63, 3.8) is 0 Å². The molecule has 1 aromatic rings. The predicted octanol–water partition coefficient (Wildman–Crippen LogP) is 0.602. The van der Waals surface area contributed by atoms with Gasteiger partial charge in [0, 0.05) is 52.4 Å². The number of nitrogens with zero attached hydrogens (tertiary/aromatic N) is 3. The van der Waals surface area contributed by atoms with Crippen LogP contribution in [-0.2, 0) is 16.0 Å². The summed E-state index contributed by atoms with van der Waals surface area (Å²) in [6.07, 6.45) is 2.09. The quantitative estimate of drug-likeness (QED) is 0.738. The van der Waals surface area contributed by atoms with E-state index < -0.39 is 0 Å². The van der Waals surface area contributed by atoms with Crippen molar-refractivity contribution in [3.05, 3.63) is 35.4 Å². The molecule has 2 heterocycles. The van der Waals surface area contributed by atoms with Gasteiger partial charge in [-0.1, -0.05) is 29.8 Å². The number of likely N-dealkylation sites (tertiary alicyclic amines) is 1. The van der Waals surface area contributed by atoms with Gasteiger partial charge in [-0.2, -0.15) is 0 Å². The van der Waals surface area contributed by atoms with Crippen LogP contribution < -0.4 is 10.6 Å². The average molecular weight is 416 g/mol. The first kappa shape index (κ1) is 22.1. The zero-order chi connectivity index (χ0) is 21.5. The Morgan fingerprint density at radius 3 is 2.13 bits per heavy atom. The molecule has 8 nitrogen and oxygen atoms in total. The first-order valence-corrected chi connectivity index (χ1v) is 10.8. The molecule has 2 saturated heterocycles. The number of likely N-dealkylation sites (N-methyl/N-ethyl adjacent to an activating group) is 1. The van der Waals surface area contributed by atoms with Gasteiger partial charge >= 0.3 is 6.03 Å². The number of piperazine rings is 1. The van der Waals surface area contributed by atoms with Crippen LogP contribution in [0.2, 0.25) is 0 Å². The summed E-state index contributed by atoms with van der Waals surface area (Å²) in [5.74, 6) is 0.134. The molecule has 2 fully saturated rings. The van der Waals surface area contributed by atoms with Crippen LogP contribution in [0.1, 0.15) is 24.0 Å². The molecule has 1 aromatic carbocycles. The molecule has 8 heteroatoms. The third-order valence-corrected chi connectivity index (χ3v) is 5.96. The van der Waals surface area contributed by atoms with Gasteiger partial charge in [-0.15, -0.1) is 0 Å². The zero-order valence-corrected chi connectivity index (χ0v) is 18.0. The van der Waals surface area contributed by atoms with Crippen LogP contribution in [0.15, 0.2) is 24.3 Å². The SMILES string of the molecule is CNC(=O)CN1CCC(NC(=O)N2CCN(C(=O)Cc3ccc(C)cc3)CC2)CC1. The number of rotatable bonds is 5. The van der Waals surface area contributed by atoms with Gasteiger partial charge in [-0.25, -0.2) is 4.79 Å². The highest BCUT2D eigenvalue weighted by atomic mass is 16.2. The minimum Gasteiger partial charge on any atom is -0.358 e. The van der Waals surface area contributed by atoms with Gasteiger partial charge in [0.1, 0.15) is 0 Å². The number of hydrogen-bond acceptors (Lipinski definition) is 4. The van der Waals surface area contributed by atoms with Crippen LogP contribution >= 0.6 is 0 Å². The fourth-order valence-corrected chi connectivity index (χ4v) is 3.93. The molecule has 3 rings (SSSR count). The molecular formula is C22H33N5O3. The Morgan fingerprint density at radius 2 is 1.53 bits per heavy atom. The van der Waals surface area contributed by atoms with Crippen LogP contribution in [0.25, 0.3) is 0 Å². The summed E-state index contributed by atoms with van der Waals surface area (Å²) in [4.78, 5) is 42.4. The molecule has 4 amide bonds. The van der Waals surface area contributed by atoms with E-state index in [4.69, 9.17) is 0 Å². The molecule has 0 saturated carbocycles. The van der Waals surface area contributed by atoms with Crippen molar-refractivity contribution in [3.8, 4) is 0 Å². The lowest BCUT2D eigenvalue weighted by Crippen LogP contribution is -2.56. The highest BCUT2D eigenvalue weighted by Gasteiger charge is 2.27. The molecule has 0 unspecified atom stereocenters. The number of amides is 4. The number of hydrogen-bond donors (Lipinski definition) is 2. The standard InChI is InChI=1S/C22H33N5O3/c1-17-3-5-18(6-4-17)15-21(29)26-11-13-27(14-12-26)22(30)24-19-7-9-25(10-8-19)16-20(28)23-2/h3-6,19H,7-16H2,1-2H3,(H,23,28)(H,24,30). The van der Waals surface area contributed by atoms with Gasteiger partial charge in [0.05, 0.1) is 13.0 Å². The van der Waals surface area contributed by atoms with Gasteiger partial charge in [-0.05, 0) is 25.3 Å². The lowest BCUT2D eigenvalue weighted by atomic mass is 10.1. The Labute approximate surface area is 178 Å². The monoisotopic (exact) mass is 415 g/mol. The van der Waals surface area contributed by atoms with E-state index in [0.29, 0.717) is 39.1 Å². The van der Waals surface area contributed by atoms with Crippen molar-refractivity contribution < 1.29 is 14.4 Å². The number of piperidine rings is 1. The third kappa shape index (κ3) is 6.19. The van der Waals surface area contributed by atoms with Gasteiger partial charge in [0.2, 0.25) is 11.8 Å². The van der Waals surface area contributed by atoms with E-state index in [-0.39, 0.29) is 23.9 Å². The molecule has 0 spiro atoms. The Balaban J connectivity index is 1.37. The Hall–Kier alpha value is -2.61. The number of nitrogens with one attached hydrogen (secondary N) is 2. The summed E-state index contributed by atoms with van der Waals surface area (Å²) >= 11 is 0. The van der Waals surface area contributed by atoms with Crippen LogP contribution in [0.4, 0.5) is 4.79 Å². The van der Waals surface area contributed by atoms with Gasteiger partial charge < -0.3 is 20.4 Å². The second-order valence-corrected chi connectivity index (χ2v) is 8.20. The smallest absolute Gasteiger partial charge is 0.317 e. The second-order valence-electron chi connectivity index (χ2n) is 8.20. The number of aryl methyl sites for hydroxylation is 1. The molecule has 0 aliphatic carbocycles. The normalized spacial score (nSPS) is 18.2. The van der Waals surface area contributed by atoms with Crippen molar-refractivity contribution in [2.24, 2.45) is 0 Å². The van der Waals surface area contributed by atoms with E-state index in [1.807, 2.05) is 36.1 Å². The maximum Gasteiger partial charge on any atom is 0.317 e. The maximum absolute atomic E-state index is 12.6. The fourth-order valence-electron chi connectivity index (χ4n) is 3.93. The van der Waals surface area contributed by atoms with E-state index in [9.17, 15) is 14.4 Å². The Bertz CT molecular complexity index is 736. The number of carbonyl (C=O) groups excluding carboxylic acids is 3. The zero-order valence-electron chi connectivity index (χ0n) is 18.0.